The highest BCUT2D eigenvalue weighted by Gasteiger charge is 2.21. The topological polar surface area (TPSA) is 89.3 Å². The van der Waals surface area contributed by atoms with Crippen molar-refractivity contribution in [1.29, 1.82) is 0 Å². The van der Waals surface area contributed by atoms with E-state index in [1.807, 2.05) is 24.3 Å². The van der Waals surface area contributed by atoms with Crippen LogP contribution in [0.5, 0.6) is 0 Å². The summed E-state index contributed by atoms with van der Waals surface area (Å²) in [6.45, 7) is 5.13. The number of carbonyl (C=O) groups excluding carboxylic acids is 2. The summed E-state index contributed by atoms with van der Waals surface area (Å²) in [4.78, 5) is 26.4. The van der Waals surface area contributed by atoms with E-state index >= 15 is 0 Å². The first-order valence-corrected chi connectivity index (χ1v) is 12.4. The van der Waals surface area contributed by atoms with Crippen LogP contribution in [0.2, 0.25) is 0 Å². The fourth-order valence-corrected chi connectivity index (χ4v) is 4.67. The Morgan fingerprint density at radius 3 is 2.53 bits per heavy atom. The second-order valence-electron chi connectivity index (χ2n) is 8.06. The Balaban J connectivity index is 1.36. The maximum atomic E-state index is 12.4. The number of thioether (sulfide) groups is 1. The molecule has 0 spiro atoms. The molecule has 1 amide bonds. The van der Waals surface area contributed by atoms with Gasteiger partial charge in [0.2, 0.25) is 11.9 Å². The van der Waals surface area contributed by atoms with Crippen molar-refractivity contribution in [2.45, 2.75) is 31.5 Å². The molecule has 1 N–H and O–H groups in total. The Bertz CT molecular complexity index is 1110. The largest absolute Gasteiger partial charge is 0.378 e. The molecule has 1 saturated heterocycles. The summed E-state index contributed by atoms with van der Waals surface area (Å²) in [5.41, 5.74) is 2.27. The van der Waals surface area contributed by atoms with Crippen molar-refractivity contribution < 1.29 is 14.3 Å². The molecule has 1 aliphatic heterocycles. The molecule has 0 bridgehead atoms. The number of ketones is 1. The maximum absolute atomic E-state index is 12.4. The van der Waals surface area contributed by atoms with Gasteiger partial charge in [0.25, 0.3) is 0 Å². The van der Waals surface area contributed by atoms with Gasteiger partial charge < -0.3 is 15.0 Å². The van der Waals surface area contributed by atoms with Gasteiger partial charge in [0.1, 0.15) is 0 Å². The molecular weight excluding hydrogens is 450 g/mol. The summed E-state index contributed by atoms with van der Waals surface area (Å²) in [5.74, 6) is 1.42. The molecule has 2 heterocycles. The molecule has 34 heavy (non-hydrogen) atoms. The minimum absolute atomic E-state index is 0.0692. The van der Waals surface area contributed by atoms with E-state index in [0.29, 0.717) is 43.9 Å². The molecular formula is C25H29N5O3S. The Morgan fingerprint density at radius 2 is 1.76 bits per heavy atom. The van der Waals surface area contributed by atoms with Crippen LogP contribution in [0.4, 0.5) is 11.6 Å². The molecule has 1 fully saturated rings. The van der Waals surface area contributed by atoms with Gasteiger partial charge in [-0.05, 0) is 31.0 Å². The van der Waals surface area contributed by atoms with Crippen molar-refractivity contribution in [2.24, 2.45) is 0 Å². The molecule has 0 aliphatic carbocycles. The van der Waals surface area contributed by atoms with Gasteiger partial charge in [-0.1, -0.05) is 54.2 Å². The van der Waals surface area contributed by atoms with Gasteiger partial charge in [-0.25, -0.2) is 0 Å². The molecule has 2 aromatic carbocycles. The van der Waals surface area contributed by atoms with Crippen LogP contribution in [0.15, 0.2) is 59.8 Å². The highest BCUT2D eigenvalue weighted by Crippen LogP contribution is 2.25. The predicted octanol–water partition coefficient (Wildman–Crippen LogP) is 3.88. The normalized spacial score (nSPS) is 13.6. The molecule has 0 unspecified atom stereocenters. The fraction of sp³-hybridized carbons (Fsp3) is 0.360. The lowest BCUT2D eigenvalue weighted by molar-refractivity contribution is -0.116. The molecule has 178 valence electrons. The highest BCUT2D eigenvalue weighted by molar-refractivity contribution is 7.99. The second kappa shape index (κ2) is 11.8. The number of amides is 1. The number of nitrogens with zero attached hydrogens (tertiary/aromatic N) is 4. The Kier molecular flexibility index (Phi) is 8.32. The van der Waals surface area contributed by atoms with Crippen molar-refractivity contribution in [3.63, 3.8) is 0 Å². The number of hydrogen-bond donors (Lipinski definition) is 1. The van der Waals surface area contributed by atoms with E-state index in [9.17, 15) is 9.59 Å². The third kappa shape index (κ3) is 6.24. The Morgan fingerprint density at radius 1 is 1.03 bits per heavy atom. The number of anilines is 2. The number of benzene rings is 2. The van der Waals surface area contributed by atoms with Gasteiger partial charge >= 0.3 is 0 Å². The van der Waals surface area contributed by atoms with Crippen LogP contribution in [-0.4, -0.2) is 58.5 Å². The zero-order valence-electron chi connectivity index (χ0n) is 19.3. The minimum atomic E-state index is -0.103. The van der Waals surface area contributed by atoms with E-state index in [-0.39, 0.29) is 11.7 Å². The summed E-state index contributed by atoms with van der Waals surface area (Å²) in [7, 11) is 0. The minimum Gasteiger partial charge on any atom is -0.378 e. The molecule has 9 heteroatoms. The van der Waals surface area contributed by atoms with Crippen molar-refractivity contribution in [3.8, 4) is 0 Å². The number of rotatable bonds is 10. The summed E-state index contributed by atoms with van der Waals surface area (Å²) in [5, 5.41) is 12.6. The molecule has 3 aromatic rings. The summed E-state index contributed by atoms with van der Waals surface area (Å²) in [6.07, 6.45) is 1.05. The predicted molar refractivity (Wildman–Crippen MR) is 134 cm³/mol. The van der Waals surface area contributed by atoms with Crippen LogP contribution in [-0.2, 0) is 16.1 Å². The molecule has 0 saturated carbocycles. The van der Waals surface area contributed by atoms with Crippen molar-refractivity contribution in [3.05, 3.63) is 65.7 Å². The van der Waals surface area contributed by atoms with Crippen LogP contribution in [0.1, 0.15) is 35.7 Å². The zero-order chi connectivity index (χ0) is 23.8. The lowest BCUT2D eigenvalue weighted by Gasteiger charge is -2.28. The lowest BCUT2D eigenvalue weighted by atomic mass is 10.1. The van der Waals surface area contributed by atoms with Crippen LogP contribution >= 0.6 is 11.8 Å². The smallest absolute Gasteiger partial charge is 0.228 e. The van der Waals surface area contributed by atoms with E-state index in [1.165, 1.54) is 12.5 Å². The van der Waals surface area contributed by atoms with Gasteiger partial charge in [0.15, 0.2) is 10.9 Å². The quantitative estimate of drug-likeness (QED) is 0.268. The Hall–Kier alpha value is -3.17. The zero-order valence-corrected chi connectivity index (χ0v) is 20.1. The summed E-state index contributed by atoms with van der Waals surface area (Å²) < 4.78 is 7.64. The third-order valence-corrected chi connectivity index (χ3v) is 6.59. The fourth-order valence-electron chi connectivity index (χ4n) is 3.80. The highest BCUT2D eigenvalue weighted by atomic mass is 32.2. The molecule has 1 aromatic heterocycles. The molecule has 4 rings (SSSR count). The molecule has 0 atom stereocenters. The monoisotopic (exact) mass is 479 g/mol. The van der Waals surface area contributed by atoms with Crippen LogP contribution in [0, 0.1) is 0 Å². The first-order valence-electron chi connectivity index (χ1n) is 11.4. The average molecular weight is 480 g/mol. The van der Waals surface area contributed by atoms with E-state index in [0.717, 1.165) is 29.9 Å². The molecule has 1 aliphatic rings. The van der Waals surface area contributed by atoms with Gasteiger partial charge in [0, 0.05) is 30.8 Å². The van der Waals surface area contributed by atoms with E-state index < -0.39 is 0 Å². The van der Waals surface area contributed by atoms with Gasteiger partial charge in [-0.3, -0.25) is 14.2 Å². The van der Waals surface area contributed by atoms with E-state index in [4.69, 9.17) is 4.74 Å². The lowest BCUT2D eigenvalue weighted by Crippen LogP contribution is -2.38. The number of ether oxygens (including phenoxy) is 1. The number of nitrogens with one attached hydrogen (secondary N) is 1. The number of Topliss-reactive ketones (excluding diaryl/α,β-unsaturated/α-hetero) is 1. The van der Waals surface area contributed by atoms with Crippen molar-refractivity contribution >= 4 is 35.1 Å². The number of aromatic nitrogens is 3. The van der Waals surface area contributed by atoms with Crippen molar-refractivity contribution in [2.75, 3.05) is 42.3 Å². The maximum Gasteiger partial charge on any atom is 0.228 e. The SMILES string of the molecule is CC(=O)c1ccccc1NC(=O)CCCSc1nnc(N2CCOCC2)n1Cc1ccccc1. The third-order valence-electron chi connectivity index (χ3n) is 5.53. The second-order valence-corrected chi connectivity index (χ2v) is 9.12. The first kappa shape index (κ1) is 24.0. The van der Waals surface area contributed by atoms with Gasteiger partial charge in [-0.2, -0.15) is 0 Å². The number of para-hydroxylation sites is 1. The Labute approximate surface area is 203 Å². The van der Waals surface area contributed by atoms with Gasteiger partial charge in [0.05, 0.1) is 25.4 Å². The van der Waals surface area contributed by atoms with Gasteiger partial charge in [-0.15, -0.1) is 10.2 Å². The average Bonchev–Trinajstić information content (AvgIpc) is 3.25. The first-order chi connectivity index (χ1) is 16.6. The van der Waals surface area contributed by atoms with E-state index in [2.05, 4.69) is 37.1 Å². The van der Waals surface area contributed by atoms with Crippen LogP contribution in [0.25, 0.3) is 0 Å². The van der Waals surface area contributed by atoms with Crippen LogP contribution in [0.3, 0.4) is 0 Å². The van der Waals surface area contributed by atoms with Crippen molar-refractivity contribution in [1.82, 2.24) is 14.8 Å². The standard InChI is InChI=1S/C25H29N5O3S/c1-19(31)21-10-5-6-11-22(21)26-23(32)12-7-17-34-25-28-27-24(29-13-15-33-16-14-29)30(25)18-20-8-3-2-4-9-20/h2-6,8-11H,7,12-18H2,1H3,(H,26,32). The van der Waals surface area contributed by atoms with E-state index in [1.54, 1.807) is 30.0 Å². The number of carbonyl (C=O) groups is 2. The number of hydrogen-bond acceptors (Lipinski definition) is 7. The molecule has 0 radical (unpaired) electrons. The molecule has 8 nitrogen and oxygen atoms in total. The number of morpholine rings is 1. The van der Waals surface area contributed by atoms with Crippen LogP contribution < -0.4 is 10.2 Å². The summed E-state index contributed by atoms with van der Waals surface area (Å²) in [6, 6.07) is 17.3. The summed E-state index contributed by atoms with van der Waals surface area (Å²) >= 11 is 1.60.